The lowest BCUT2D eigenvalue weighted by atomic mass is 10.2. The molecule has 1 saturated heterocycles. The number of unbranched alkanes of at least 4 members (excludes halogenated alkanes) is 1. The fourth-order valence-electron chi connectivity index (χ4n) is 2.96. The molecule has 1 fully saturated rings. The van der Waals surface area contributed by atoms with Gasteiger partial charge >= 0.3 is 5.97 Å². The van der Waals surface area contributed by atoms with Gasteiger partial charge in [0.25, 0.3) is 0 Å². The minimum Gasteiger partial charge on any atom is -0.461 e. The van der Waals surface area contributed by atoms with E-state index in [2.05, 4.69) is 0 Å². The highest BCUT2D eigenvalue weighted by Gasteiger charge is 2.31. The van der Waals surface area contributed by atoms with Crippen molar-refractivity contribution in [1.29, 1.82) is 0 Å². The highest BCUT2D eigenvalue weighted by Crippen LogP contribution is 2.36. The first-order chi connectivity index (χ1) is 10.2. The summed E-state index contributed by atoms with van der Waals surface area (Å²) < 4.78 is 5.28. The molecule has 0 unspecified atom stereocenters. The Hall–Kier alpha value is -0.803. The Bertz CT molecular complexity index is 430. The van der Waals surface area contributed by atoms with Crippen molar-refractivity contribution < 1.29 is 9.53 Å². The quantitative estimate of drug-likeness (QED) is 0.295. The lowest BCUT2D eigenvalue weighted by Crippen LogP contribution is -2.29. The smallest absolute Gasteiger partial charge is 0.306 e. The number of ether oxygens (including phenoxy) is 1. The Kier molecular flexibility index (Phi) is 6.78. The maximum atomic E-state index is 11.7. The van der Waals surface area contributed by atoms with Crippen LogP contribution in [0.2, 0.25) is 18.1 Å². The summed E-state index contributed by atoms with van der Waals surface area (Å²) in [4.78, 5) is 11.7. The molecule has 0 aromatic heterocycles. The predicted molar refractivity (Wildman–Crippen MR) is 90.0 cm³/mol. The van der Waals surface area contributed by atoms with Gasteiger partial charge in [0.05, 0.1) is 0 Å². The highest BCUT2D eigenvalue weighted by molar-refractivity contribution is 7.20. The molecule has 4 heteroatoms. The van der Waals surface area contributed by atoms with Crippen LogP contribution in [0, 0.1) is 0 Å². The van der Waals surface area contributed by atoms with Crippen LogP contribution in [0.4, 0.5) is 0 Å². The van der Waals surface area contributed by atoms with E-state index in [1.807, 2.05) is 30.3 Å². The first-order valence-corrected chi connectivity index (χ1v) is 11.7. The van der Waals surface area contributed by atoms with Crippen LogP contribution in [-0.4, -0.2) is 13.4 Å². The zero-order valence-electron chi connectivity index (χ0n) is 12.7. The van der Waals surface area contributed by atoms with E-state index in [0.29, 0.717) is 13.0 Å². The second-order valence-corrected chi connectivity index (χ2v) is 12.3. The van der Waals surface area contributed by atoms with Gasteiger partial charge in [0, 0.05) is 6.42 Å². The fraction of sp³-hybridized carbons (Fsp3) is 0.588. The van der Waals surface area contributed by atoms with Crippen molar-refractivity contribution in [3.63, 3.8) is 0 Å². The topological polar surface area (TPSA) is 26.3 Å². The molecule has 2 rings (SSSR count). The molecule has 0 aliphatic carbocycles. The molecule has 1 aromatic rings. The van der Waals surface area contributed by atoms with Crippen LogP contribution in [0.5, 0.6) is 0 Å². The van der Waals surface area contributed by atoms with Gasteiger partial charge in [0.1, 0.15) is 6.61 Å². The van der Waals surface area contributed by atoms with Crippen LogP contribution >= 0.6 is 11.1 Å². The Labute approximate surface area is 133 Å². The van der Waals surface area contributed by atoms with Crippen LogP contribution in [0.15, 0.2) is 30.3 Å². The first kappa shape index (κ1) is 16.6. The number of hydrogen-bond acceptors (Lipinski definition) is 2. The van der Waals surface area contributed by atoms with E-state index in [-0.39, 0.29) is 5.97 Å². The molecular weight excluding hydrogens is 300 g/mol. The lowest BCUT2D eigenvalue weighted by Gasteiger charge is -2.28. The minimum absolute atomic E-state index is 0.0900. The van der Waals surface area contributed by atoms with Crippen molar-refractivity contribution in [2.45, 2.75) is 63.3 Å². The molecule has 21 heavy (non-hydrogen) atoms. The summed E-state index contributed by atoms with van der Waals surface area (Å²) in [5, 5.41) is 0. The highest BCUT2D eigenvalue weighted by atomic mass is 35.6. The number of benzene rings is 1. The largest absolute Gasteiger partial charge is 0.461 e. The molecule has 1 aliphatic rings. The summed E-state index contributed by atoms with van der Waals surface area (Å²) in [6.45, 7) is 0.383. The van der Waals surface area contributed by atoms with Gasteiger partial charge in [-0.2, -0.15) is 11.1 Å². The molecule has 0 spiro atoms. The second-order valence-electron chi connectivity index (χ2n) is 6.06. The second kappa shape index (κ2) is 8.59. The summed E-state index contributed by atoms with van der Waals surface area (Å²) in [5.74, 6) is -0.0900. The molecule has 1 aromatic carbocycles. The average Bonchev–Trinajstić information content (AvgIpc) is 2.51. The standard InChI is InChI=1S/C17H25ClO2Si/c18-21(12-6-2-7-13-21)14-8-5-11-17(19)20-15-16-9-3-1-4-10-16/h1,3-4,9-10H,2,5-8,11-15H2. The van der Waals surface area contributed by atoms with Gasteiger partial charge in [-0.1, -0.05) is 56.0 Å². The Balaban J connectivity index is 1.57. The van der Waals surface area contributed by atoms with E-state index < -0.39 is 7.38 Å². The zero-order chi connectivity index (χ0) is 15.0. The molecule has 0 radical (unpaired) electrons. The van der Waals surface area contributed by atoms with Crippen LogP contribution in [0.25, 0.3) is 0 Å². The molecule has 0 N–H and O–H groups in total. The van der Waals surface area contributed by atoms with Crippen LogP contribution in [0.3, 0.4) is 0 Å². The molecule has 2 nitrogen and oxygen atoms in total. The number of rotatable bonds is 7. The van der Waals surface area contributed by atoms with Crippen LogP contribution in [-0.2, 0) is 16.1 Å². The molecule has 0 amide bonds. The van der Waals surface area contributed by atoms with Gasteiger partial charge in [-0.25, -0.2) is 0 Å². The number of esters is 1. The fourth-order valence-corrected chi connectivity index (χ4v) is 7.56. The molecular formula is C17H25ClO2Si. The van der Waals surface area contributed by atoms with E-state index in [1.165, 1.54) is 37.4 Å². The minimum atomic E-state index is -1.46. The lowest BCUT2D eigenvalue weighted by molar-refractivity contribution is -0.145. The first-order valence-electron chi connectivity index (χ1n) is 8.06. The van der Waals surface area contributed by atoms with E-state index >= 15 is 0 Å². The van der Waals surface area contributed by atoms with E-state index in [0.717, 1.165) is 18.4 Å². The summed E-state index contributed by atoms with van der Waals surface area (Å²) >= 11 is 6.75. The van der Waals surface area contributed by atoms with Gasteiger partial charge in [0.15, 0.2) is 7.38 Å². The monoisotopic (exact) mass is 324 g/mol. The third-order valence-corrected chi connectivity index (χ3v) is 9.70. The SMILES string of the molecule is O=C(CCCC[Si]1(Cl)CCCCC1)OCc1ccccc1. The van der Waals surface area contributed by atoms with Crippen molar-refractivity contribution in [2.75, 3.05) is 0 Å². The molecule has 0 saturated carbocycles. The average molecular weight is 325 g/mol. The van der Waals surface area contributed by atoms with Crippen molar-refractivity contribution in [2.24, 2.45) is 0 Å². The molecule has 1 aliphatic heterocycles. The normalized spacial score (nSPS) is 17.4. The zero-order valence-corrected chi connectivity index (χ0v) is 14.4. The predicted octanol–water partition coefficient (Wildman–Crippen LogP) is 5.27. The van der Waals surface area contributed by atoms with Crippen molar-refractivity contribution in [3.05, 3.63) is 35.9 Å². The number of carbonyl (C=O) groups excluding carboxylic acids is 1. The number of carbonyl (C=O) groups is 1. The number of hydrogen-bond donors (Lipinski definition) is 0. The molecule has 116 valence electrons. The van der Waals surface area contributed by atoms with Gasteiger partial charge in [-0.15, -0.1) is 0 Å². The van der Waals surface area contributed by atoms with Gasteiger partial charge < -0.3 is 4.74 Å². The van der Waals surface area contributed by atoms with Gasteiger partial charge in [0.2, 0.25) is 0 Å². The summed E-state index contributed by atoms with van der Waals surface area (Å²) in [6.07, 6.45) is 6.50. The molecule has 0 atom stereocenters. The van der Waals surface area contributed by atoms with Crippen LogP contribution < -0.4 is 0 Å². The number of halogens is 1. The van der Waals surface area contributed by atoms with E-state index in [1.54, 1.807) is 0 Å². The van der Waals surface area contributed by atoms with Crippen molar-refractivity contribution in [1.82, 2.24) is 0 Å². The maximum Gasteiger partial charge on any atom is 0.306 e. The maximum absolute atomic E-state index is 11.7. The third-order valence-electron chi connectivity index (χ3n) is 4.25. The third kappa shape index (κ3) is 6.23. The summed E-state index contributed by atoms with van der Waals surface area (Å²) in [6, 6.07) is 13.5. The van der Waals surface area contributed by atoms with Crippen molar-refractivity contribution >= 4 is 24.4 Å². The summed E-state index contributed by atoms with van der Waals surface area (Å²) in [5.41, 5.74) is 1.04. The van der Waals surface area contributed by atoms with Crippen molar-refractivity contribution in [3.8, 4) is 0 Å². The van der Waals surface area contributed by atoms with E-state index in [9.17, 15) is 4.79 Å². The van der Waals surface area contributed by atoms with Gasteiger partial charge in [-0.05, 0) is 30.1 Å². The van der Waals surface area contributed by atoms with Gasteiger partial charge in [-0.3, -0.25) is 4.79 Å². The van der Waals surface area contributed by atoms with E-state index in [4.69, 9.17) is 15.8 Å². The Morgan fingerprint density at radius 3 is 2.52 bits per heavy atom. The summed E-state index contributed by atoms with van der Waals surface area (Å²) in [7, 11) is -1.46. The van der Waals surface area contributed by atoms with Crippen LogP contribution in [0.1, 0.15) is 44.1 Å². The Morgan fingerprint density at radius 1 is 1.10 bits per heavy atom. The molecule has 0 bridgehead atoms. The Morgan fingerprint density at radius 2 is 1.81 bits per heavy atom. The molecule has 1 heterocycles.